The van der Waals surface area contributed by atoms with E-state index < -0.39 is 0 Å². The Labute approximate surface area is 122 Å². The molecule has 1 aromatic heterocycles. The monoisotopic (exact) mass is 287 g/mol. The number of benzene rings is 1. The zero-order valence-electron chi connectivity index (χ0n) is 11.9. The van der Waals surface area contributed by atoms with Gasteiger partial charge in [-0.15, -0.1) is 0 Å². The van der Waals surface area contributed by atoms with Crippen LogP contribution >= 0.6 is 0 Å². The van der Waals surface area contributed by atoms with E-state index in [1.165, 1.54) is 10.9 Å². The number of amides is 1. The van der Waals surface area contributed by atoms with Gasteiger partial charge < -0.3 is 9.64 Å². The van der Waals surface area contributed by atoms with Crippen LogP contribution in [0, 0.1) is 0 Å². The van der Waals surface area contributed by atoms with Crippen molar-refractivity contribution >= 4 is 16.8 Å². The van der Waals surface area contributed by atoms with E-state index in [1.807, 2.05) is 13.0 Å². The molecule has 1 aliphatic rings. The molecule has 3 rings (SSSR count). The van der Waals surface area contributed by atoms with Gasteiger partial charge in [-0.05, 0) is 19.1 Å². The Morgan fingerprint density at radius 3 is 3.05 bits per heavy atom. The largest absolute Gasteiger partial charge is 0.375 e. The minimum Gasteiger partial charge on any atom is -0.375 e. The number of para-hydroxylation sites is 1. The lowest BCUT2D eigenvalue weighted by Crippen LogP contribution is -2.46. The normalized spacial score (nSPS) is 18.9. The van der Waals surface area contributed by atoms with Crippen LogP contribution in [-0.4, -0.2) is 46.2 Å². The molecule has 0 aliphatic carbocycles. The van der Waals surface area contributed by atoms with E-state index in [0.717, 1.165) is 0 Å². The molecule has 1 saturated heterocycles. The lowest BCUT2D eigenvalue weighted by atomic mass is 10.2. The molecule has 1 atom stereocenters. The number of aromatic nitrogens is 2. The van der Waals surface area contributed by atoms with Gasteiger partial charge in [0.15, 0.2) is 0 Å². The highest BCUT2D eigenvalue weighted by atomic mass is 16.5. The van der Waals surface area contributed by atoms with Gasteiger partial charge in [-0.2, -0.15) is 0 Å². The summed E-state index contributed by atoms with van der Waals surface area (Å²) >= 11 is 0. The zero-order valence-corrected chi connectivity index (χ0v) is 11.9. The number of nitrogens with zero attached hydrogens (tertiary/aromatic N) is 3. The Bertz CT molecular complexity index is 725. The molecule has 2 aromatic rings. The summed E-state index contributed by atoms with van der Waals surface area (Å²) in [5, 5.41) is 0.531. The average molecular weight is 287 g/mol. The van der Waals surface area contributed by atoms with Crippen LogP contribution in [0.15, 0.2) is 35.4 Å². The van der Waals surface area contributed by atoms with Crippen LogP contribution in [0.2, 0.25) is 0 Å². The summed E-state index contributed by atoms with van der Waals surface area (Å²) in [7, 11) is 0. The molecule has 1 aliphatic heterocycles. The molecule has 110 valence electrons. The fraction of sp³-hybridized carbons (Fsp3) is 0.400. The predicted octanol–water partition coefficient (Wildman–Crippen LogP) is 0.644. The topological polar surface area (TPSA) is 64.4 Å². The highest BCUT2D eigenvalue weighted by Crippen LogP contribution is 2.07. The predicted molar refractivity (Wildman–Crippen MR) is 78.0 cm³/mol. The van der Waals surface area contributed by atoms with E-state index in [0.29, 0.717) is 30.6 Å². The molecule has 0 bridgehead atoms. The van der Waals surface area contributed by atoms with Crippen LogP contribution in [0.25, 0.3) is 10.9 Å². The van der Waals surface area contributed by atoms with Crippen molar-refractivity contribution < 1.29 is 9.53 Å². The number of hydrogen-bond acceptors (Lipinski definition) is 4. The second-order valence-corrected chi connectivity index (χ2v) is 5.22. The van der Waals surface area contributed by atoms with Gasteiger partial charge in [0.25, 0.3) is 5.56 Å². The van der Waals surface area contributed by atoms with Crippen molar-refractivity contribution in [1.82, 2.24) is 14.5 Å². The number of hydrogen-bond donors (Lipinski definition) is 0. The number of carbonyl (C=O) groups is 1. The van der Waals surface area contributed by atoms with E-state index >= 15 is 0 Å². The molecular weight excluding hydrogens is 270 g/mol. The highest BCUT2D eigenvalue weighted by Gasteiger charge is 2.21. The quantitative estimate of drug-likeness (QED) is 0.813. The summed E-state index contributed by atoms with van der Waals surface area (Å²) in [6.45, 7) is 3.62. The smallest absolute Gasteiger partial charge is 0.261 e. The Morgan fingerprint density at radius 2 is 2.24 bits per heavy atom. The highest BCUT2D eigenvalue weighted by molar-refractivity contribution is 5.79. The summed E-state index contributed by atoms with van der Waals surface area (Å²) in [5.41, 5.74) is 0.460. The molecule has 0 radical (unpaired) electrons. The molecule has 0 saturated carbocycles. The molecule has 1 aromatic carbocycles. The van der Waals surface area contributed by atoms with Gasteiger partial charge in [-0.3, -0.25) is 14.2 Å². The Hall–Kier alpha value is -2.21. The standard InChI is InChI=1S/C15H17N3O3/c1-11-8-17(6-7-21-11)14(19)9-18-10-16-13-5-3-2-4-12(13)15(18)20/h2-5,10-11H,6-9H2,1H3. The minimum atomic E-state index is -0.185. The summed E-state index contributed by atoms with van der Waals surface area (Å²) in [6.07, 6.45) is 1.47. The van der Waals surface area contributed by atoms with Gasteiger partial charge in [0, 0.05) is 13.1 Å². The van der Waals surface area contributed by atoms with E-state index in [-0.39, 0.29) is 24.1 Å². The number of morpholine rings is 1. The molecule has 2 heterocycles. The van der Waals surface area contributed by atoms with Crippen molar-refractivity contribution in [2.24, 2.45) is 0 Å². The van der Waals surface area contributed by atoms with Gasteiger partial charge in [0.1, 0.15) is 6.54 Å². The van der Waals surface area contributed by atoms with Crippen molar-refractivity contribution in [1.29, 1.82) is 0 Å². The van der Waals surface area contributed by atoms with Crippen molar-refractivity contribution in [3.05, 3.63) is 40.9 Å². The molecular formula is C15H17N3O3. The molecule has 6 heteroatoms. The van der Waals surface area contributed by atoms with Crippen LogP contribution in [0.1, 0.15) is 6.92 Å². The second kappa shape index (κ2) is 5.65. The van der Waals surface area contributed by atoms with Gasteiger partial charge in [-0.1, -0.05) is 12.1 Å². The molecule has 1 fully saturated rings. The van der Waals surface area contributed by atoms with Crippen molar-refractivity contribution in [3.63, 3.8) is 0 Å². The van der Waals surface area contributed by atoms with Crippen LogP contribution < -0.4 is 5.56 Å². The summed E-state index contributed by atoms with van der Waals surface area (Å²) in [4.78, 5) is 30.6. The molecule has 0 spiro atoms. The van der Waals surface area contributed by atoms with Crippen LogP contribution in [0.5, 0.6) is 0 Å². The van der Waals surface area contributed by atoms with Crippen molar-refractivity contribution in [2.75, 3.05) is 19.7 Å². The third-order valence-corrected chi connectivity index (χ3v) is 3.63. The maximum absolute atomic E-state index is 12.3. The van der Waals surface area contributed by atoms with Crippen LogP contribution in [-0.2, 0) is 16.1 Å². The molecule has 6 nitrogen and oxygen atoms in total. The first-order valence-corrected chi connectivity index (χ1v) is 6.99. The summed E-state index contributed by atoms with van der Waals surface area (Å²) in [5.74, 6) is -0.0793. The van der Waals surface area contributed by atoms with Gasteiger partial charge in [0.05, 0.1) is 29.9 Å². The Morgan fingerprint density at radius 1 is 1.43 bits per heavy atom. The maximum Gasteiger partial charge on any atom is 0.261 e. The van der Waals surface area contributed by atoms with Gasteiger partial charge in [0.2, 0.25) is 5.91 Å². The van der Waals surface area contributed by atoms with Crippen molar-refractivity contribution in [3.8, 4) is 0 Å². The first kappa shape index (κ1) is 13.8. The first-order chi connectivity index (χ1) is 10.1. The summed E-state index contributed by atoms with van der Waals surface area (Å²) in [6, 6.07) is 7.13. The number of rotatable bonds is 2. The van der Waals surface area contributed by atoms with Crippen LogP contribution in [0.3, 0.4) is 0 Å². The zero-order chi connectivity index (χ0) is 14.8. The van der Waals surface area contributed by atoms with Crippen LogP contribution in [0.4, 0.5) is 0 Å². The van der Waals surface area contributed by atoms with E-state index in [2.05, 4.69) is 4.98 Å². The maximum atomic E-state index is 12.3. The molecule has 1 amide bonds. The van der Waals surface area contributed by atoms with E-state index in [1.54, 1.807) is 23.1 Å². The van der Waals surface area contributed by atoms with E-state index in [9.17, 15) is 9.59 Å². The average Bonchev–Trinajstić information content (AvgIpc) is 2.50. The van der Waals surface area contributed by atoms with E-state index in [4.69, 9.17) is 4.74 Å². The SMILES string of the molecule is CC1CN(C(=O)Cn2cnc3ccccc3c2=O)CCO1. The fourth-order valence-electron chi connectivity index (χ4n) is 2.51. The van der Waals surface area contributed by atoms with Gasteiger partial charge >= 0.3 is 0 Å². The van der Waals surface area contributed by atoms with Crippen molar-refractivity contribution in [2.45, 2.75) is 19.6 Å². The summed E-state index contributed by atoms with van der Waals surface area (Å²) < 4.78 is 6.78. The lowest BCUT2D eigenvalue weighted by molar-refractivity contribution is -0.138. The first-order valence-electron chi connectivity index (χ1n) is 6.99. The minimum absolute atomic E-state index is 0.0172. The molecule has 1 unspecified atom stereocenters. The van der Waals surface area contributed by atoms with Gasteiger partial charge in [-0.25, -0.2) is 4.98 Å². The Balaban J connectivity index is 1.83. The second-order valence-electron chi connectivity index (χ2n) is 5.22. The number of carbonyl (C=O) groups excluding carboxylic acids is 1. The lowest BCUT2D eigenvalue weighted by Gasteiger charge is -2.31. The third-order valence-electron chi connectivity index (χ3n) is 3.63. The molecule has 0 N–H and O–H groups in total. The number of fused-ring (bicyclic) bond motifs is 1. The number of ether oxygens (including phenoxy) is 1. The Kier molecular flexibility index (Phi) is 3.70. The fourth-order valence-corrected chi connectivity index (χ4v) is 2.51. The third kappa shape index (κ3) is 2.80. The molecule has 21 heavy (non-hydrogen) atoms.